The molecule has 1 unspecified atom stereocenters. The van der Waals surface area contributed by atoms with Gasteiger partial charge in [0.1, 0.15) is 5.82 Å². The molecule has 0 aliphatic heterocycles. The third-order valence-electron chi connectivity index (χ3n) is 3.27. The van der Waals surface area contributed by atoms with E-state index in [1.807, 2.05) is 38.2 Å². The molecule has 1 N–H and O–H groups in total. The summed E-state index contributed by atoms with van der Waals surface area (Å²) in [5.74, 6) is 0.266. The predicted molar refractivity (Wildman–Crippen MR) is 76.2 cm³/mol. The minimum atomic E-state index is -0.229. The SMILES string of the molecule is Cc1cccn2nc(NC(C)c3ccccc3F)nc12. The number of hydrogen-bond acceptors (Lipinski definition) is 3. The van der Waals surface area contributed by atoms with Crippen molar-refractivity contribution in [2.45, 2.75) is 19.9 Å². The van der Waals surface area contributed by atoms with E-state index >= 15 is 0 Å². The Morgan fingerprint density at radius 1 is 1.20 bits per heavy atom. The number of rotatable bonds is 3. The molecule has 1 atom stereocenters. The van der Waals surface area contributed by atoms with Gasteiger partial charge in [0.15, 0.2) is 5.65 Å². The summed E-state index contributed by atoms with van der Waals surface area (Å²) >= 11 is 0. The van der Waals surface area contributed by atoms with Crippen LogP contribution in [0.1, 0.15) is 24.1 Å². The zero-order valence-electron chi connectivity index (χ0n) is 11.3. The van der Waals surface area contributed by atoms with Gasteiger partial charge in [0.05, 0.1) is 6.04 Å². The number of pyridine rings is 1. The van der Waals surface area contributed by atoms with Crippen molar-refractivity contribution < 1.29 is 4.39 Å². The number of hydrogen-bond donors (Lipinski definition) is 1. The number of nitrogens with zero attached hydrogens (tertiary/aromatic N) is 3. The fourth-order valence-corrected chi connectivity index (χ4v) is 2.20. The Labute approximate surface area is 116 Å². The normalized spacial score (nSPS) is 12.6. The van der Waals surface area contributed by atoms with Gasteiger partial charge in [0.25, 0.3) is 0 Å². The minimum Gasteiger partial charge on any atom is -0.346 e. The van der Waals surface area contributed by atoms with Crippen molar-refractivity contribution in [2.24, 2.45) is 0 Å². The number of anilines is 1. The van der Waals surface area contributed by atoms with E-state index < -0.39 is 0 Å². The molecule has 0 saturated carbocycles. The van der Waals surface area contributed by atoms with Crippen LogP contribution < -0.4 is 5.32 Å². The molecule has 0 radical (unpaired) electrons. The van der Waals surface area contributed by atoms with Gasteiger partial charge in [-0.05, 0) is 31.5 Å². The molecule has 1 aromatic carbocycles. The molecule has 0 saturated heterocycles. The Morgan fingerprint density at radius 3 is 2.75 bits per heavy atom. The Bertz CT molecular complexity index is 750. The summed E-state index contributed by atoms with van der Waals surface area (Å²) < 4.78 is 15.4. The Balaban J connectivity index is 1.90. The van der Waals surface area contributed by atoms with Gasteiger partial charge in [-0.3, -0.25) is 0 Å². The van der Waals surface area contributed by atoms with Crippen molar-refractivity contribution in [3.05, 3.63) is 59.5 Å². The molecule has 20 heavy (non-hydrogen) atoms. The molecule has 4 nitrogen and oxygen atoms in total. The maximum atomic E-state index is 13.7. The lowest BCUT2D eigenvalue weighted by molar-refractivity contribution is 0.599. The van der Waals surface area contributed by atoms with Crippen LogP contribution in [0.3, 0.4) is 0 Å². The molecular weight excluding hydrogens is 255 g/mol. The van der Waals surface area contributed by atoms with Crippen molar-refractivity contribution in [1.82, 2.24) is 14.6 Å². The molecule has 0 amide bonds. The number of halogens is 1. The number of fused-ring (bicyclic) bond motifs is 1. The Kier molecular flexibility index (Phi) is 3.10. The van der Waals surface area contributed by atoms with E-state index in [0.717, 1.165) is 11.2 Å². The molecule has 5 heteroatoms. The molecular formula is C15H15FN4. The minimum absolute atomic E-state index is 0.200. The molecule has 2 heterocycles. The van der Waals surface area contributed by atoms with Crippen molar-refractivity contribution in [3.63, 3.8) is 0 Å². The van der Waals surface area contributed by atoms with E-state index in [0.29, 0.717) is 11.5 Å². The molecule has 0 aliphatic rings. The van der Waals surface area contributed by atoms with Gasteiger partial charge >= 0.3 is 0 Å². The average molecular weight is 270 g/mol. The van der Waals surface area contributed by atoms with Crippen LogP contribution >= 0.6 is 0 Å². The van der Waals surface area contributed by atoms with Gasteiger partial charge in [0, 0.05) is 11.8 Å². The van der Waals surface area contributed by atoms with Gasteiger partial charge in [-0.2, -0.15) is 4.98 Å². The zero-order chi connectivity index (χ0) is 14.1. The lowest BCUT2D eigenvalue weighted by Gasteiger charge is -2.13. The van der Waals surface area contributed by atoms with E-state index in [2.05, 4.69) is 15.4 Å². The maximum Gasteiger partial charge on any atom is 0.243 e. The summed E-state index contributed by atoms with van der Waals surface area (Å²) in [5.41, 5.74) is 2.45. The molecule has 2 aromatic heterocycles. The largest absolute Gasteiger partial charge is 0.346 e. The van der Waals surface area contributed by atoms with Gasteiger partial charge < -0.3 is 5.32 Å². The third-order valence-corrected chi connectivity index (χ3v) is 3.27. The Hall–Kier alpha value is -2.43. The number of aromatic nitrogens is 3. The number of benzene rings is 1. The van der Waals surface area contributed by atoms with Crippen LogP contribution in [0, 0.1) is 12.7 Å². The van der Waals surface area contributed by atoms with Gasteiger partial charge in [-0.15, -0.1) is 5.10 Å². The van der Waals surface area contributed by atoms with Crippen LogP contribution in [-0.4, -0.2) is 14.6 Å². The predicted octanol–water partition coefficient (Wildman–Crippen LogP) is 3.35. The molecule has 3 aromatic rings. The van der Waals surface area contributed by atoms with E-state index in [9.17, 15) is 4.39 Å². The molecule has 3 rings (SSSR count). The lowest BCUT2D eigenvalue weighted by Crippen LogP contribution is -2.09. The molecule has 0 bridgehead atoms. The van der Waals surface area contributed by atoms with Gasteiger partial charge in [-0.1, -0.05) is 24.3 Å². The summed E-state index contributed by atoms with van der Waals surface area (Å²) in [5, 5.41) is 7.47. The highest BCUT2D eigenvalue weighted by Crippen LogP contribution is 2.20. The lowest BCUT2D eigenvalue weighted by atomic mass is 10.1. The topological polar surface area (TPSA) is 42.2 Å². The summed E-state index contributed by atoms with van der Waals surface area (Å²) in [6.07, 6.45) is 1.84. The second-order valence-electron chi connectivity index (χ2n) is 4.78. The van der Waals surface area contributed by atoms with E-state index in [1.165, 1.54) is 6.07 Å². The maximum absolute atomic E-state index is 13.7. The fourth-order valence-electron chi connectivity index (χ4n) is 2.20. The van der Waals surface area contributed by atoms with E-state index in [1.54, 1.807) is 16.6 Å². The highest BCUT2D eigenvalue weighted by atomic mass is 19.1. The second kappa shape index (κ2) is 4.92. The standard InChI is InChI=1S/C15H15FN4/c1-10-6-5-9-20-14(10)18-15(19-20)17-11(2)12-7-3-4-8-13(12)16/h3-9,11H,1-2H3,(H,17,19). The van der Waals surface area contributed by atoms with Crippen molar-refractivity contribution in [3.8, 4) is 0 Å². The molecule has 102 valence electrons. The number of nitrogens with one attached hydrogen (secondary N) is 1. The quantitative estimate of drug-likeness (QED) is 0.793. The van der Waals surface area contributed by atoms with Crippen LogP contribution in [0.15, 0.2) is 42.6 Å². The molecule has 0 spiro atoms. The summed E-state index contributed by atoms with van der Waals surface area (Å²) in [6, 6.07) is 10.4. The highest BCUT2D eigenvalue weighted by Gasteiger charge is 2.13. The molecule has 0 aliphatic carbocycles. The third kappa shape index (κ3) is 2.22. The second-order valence-corrected chi connectivity index (χ2v) is 4.78. The van der Waals surface area contributed by atoms with E-state index in [4.69, 9.17) is 0 Å². The van der Waals surface area contributed by atoms with Crippen molar-refractivity contribution in [1.29, 1.82) is 0 Å². The number of aryl methyl sites for hydroxylation is 1. The van der Waals surface area contributed by atoms with Crippen LogP contribution in [0.2, 0.25) is 0 Å². The monoisotopic (exact) mass is 270 g/mol. The van der Waals surface area contributed by atoms with Crippen LogP contribution in [-0.2, 0) is 0 Å². The van der Waals surface area contributed by atoms with Crippen molar-refractivity contribution >= 4 is 11.6 Å². The highest BCUT2D eigenvalue weighted by molar-refractivity contribution is 5.50. The smallest absolute Gasteiger partial charge is 0.243 e. The molecule has 0 fully saturated rings. The first-order chi connectivity index (χ1) is 9.65. The first kappa shape index (κ1) is 12.6. The van der Waals surface area contributed by atoms with Gasteiger partial charge in [0.2, 0.25) is 5.95 Å². The van der Waals surface area contributed by atoms with Crippen molar-refractivity contribution in [2.75, 3.05) is 5.32 Å². The Morgan fingerprint density at radius 2 is 2.00 bits per heavy atom. The summed E-state index contributed by atoms with van der Waals surface area (Å²) in [6.45, 7) is 3.87. The van der Waals surface area contributed by atoms with Gasteiger partial charge in [-0.25, -0.2) is 8.91 Å². The first-order valence-corrected chi connectivity index (χ1v) is 6.48. The first-order valence-electron chi connectivity index (χ1n) is 6.48. The summed E-state index contributed by atoms with van der Waals surface area (Å²) in [4.78, 5) is 4.43. The van der Waals surface area contributed by atoms with Crippen LogP contribution in [0.25, 0.3) is 5.65 Å². The van der Waals surface area contributed by atoms with Crippen LogP contribution in [0.5, 0.6) is 0 Å². The van der Waals surface area contributed by atoms with Crippen LogP contribution in [0.4, 0.5) is 10.3 Å². The van der Waals surface area contributed by atoms with E-state index in [-0.39, 0.29) is 11.9 Å². The zero-order valence-corrected chi connectivity index (χ0v) is 11.3. The average Bonchev–Trinajstić information content (AvgIpc) is 2.83. The fraction of sp³-hybridized carbons (Fsp3) is 0.200. The summed E-state index contributed by atoms with van der Waals surface area (Å²) in [7, 11) is 0.